The van der Waals surface area contributed by atoms with Crippen molar-refractivity contribution in [2.75, 3.05) is 5.32 Å². The maximum atomic E-state index is 13.7. The van der Waals surface area contributed by atoms with Crippen molar-refractivity contribution in [1.82, 2.24) is 10.1 Å². The van der Waals surface area contributed by atoms with Crippen molar-refractivity contribution in [1.29, 1.82) is 0 Å². The Morgan fingerprint density at radius 3 is 2.72 bits per heavy atom. The normalized spacial score (nSPS) is 10.7. The number of nitrogens with zero attached hydrogens (tertiary/aromatic N) is 2. The highest BCUT2D eigenvalue weighted by Gasteiger charge is 2.12. The fraction of sp³-hybridized carbons (Fsp3) is 0.118. The molecular weight excluding hydrogens is 413 g/mol. The average molecular weight is 425 g/mol. The van der Waals surface area contributed by atoms with E-state index >= 15 is 0 Å². The van der Waals surface area contributed by atoms with Gasteiger partial charge in [-0.25, -0.2) is 4.39 Å². The number of aryl methyl sites for hydroxylation is 1. The molecule has 0 aliphatic rings. The van der Waals surface area contributed by atoms with Gasteiger partial charge in [0.2, 0.25) is 17.6 Å². The lowest BCUT2D eigenvalue weighted by atomic mass is 10.2. The largest absolute Gasteiger partial charge is 0.339 e. The Balaban J connectivity index is 1.58. The predicted octanol–water partition coefficient (Wildman–Crippen LogP) is 4.86. The van der Waals surface area contributed by atoms with Crippen molar-refractivity contribution in [2.45, 2.75) is 12.8 Å². The molecule has 0 atom stereocenters. The molecule has 0 aliphatic heterocycles. The Hall–Kier alpha value is -2.25. The fourth-order valence-corrected chi connectivity index (χ4v) is 2.56. The molecular formula is C17H12BrClFN3O2. The van der Waals surface area contributed by atoms with Crippen LogP contribution in [-0.4, -0.2) is 16.0 Å². The van der Waals surface area contributed by atoms with Crippen molar-refractivity contribution < 1.29 is 13.7 Å². The van der Waals surface area contributed by atoms with Gasteiger partial charge in [0.1, 0.15) is 5.82 Å². The molecule has 1 N–H and O–H groups in total. The van der Waals surface area contributed by atoms with Gasteiger partial charge in [-0.2, -0.15) is 4.98 Å². The van der Waals surface area contributed by atoms with Crippen LogP contribution in [0.3, 0.4) is 0 Å². The number of nitrogens with one attached hydrogen (secondary N) is 1. The minimum absolute atomic E-state index is 0.0950. The number of carbonyl (C=O) groups excluding carboxylic acids is 1. The molecule has 8 heteroatoms. The summed E-state index contributed by atoms with van der Waals surface area (Å²) in [6.45, 7) is 0. The zero-order chi connectivity index (χ0) is 17.8. The van der Waals surface area contributed by atoms with Crippen molar-refractivity contribution in [3.63, 3.8) is 0 Å². The zero-order valence-corrected chi connectivity index (χ0v) is 15.1. The first-order chi connectivity index (χ1) is 12.0. The molecule has 128 valence electrons. The first-order valence-electron chi connectivity index (χ1n) is 7.35. The van der Waals surface area contributed by atoms with E-state index in [2.05, 4.69) is 31.4 Å². The Bertz CT molecular complexity index is 899. The summed E-state index contributed by atoms with van der Waals surface area (Å²) in [4.78, 5) is 16.2. The van der Waals surface area contributed by atoms with Crippen LogP contribution in [0.2, 0.25) is 5.02 Å². The standard InChI is InChI=1S/C17H12BrClFN3O2/c18-11-3-6-14(13(20)9-11)21-15(24)7-8-16-22-17(23-25-16)10-1-4-12(19)5-2-10/h1-6,9H,7-8H2,(H,21,24). The Labute approximate surface area is 156 Å². The molecule has 5 nitrogen and oxygen atoms in total. The SMILES string of the molecule is O=C(CCc1nc(-c2ccc(Cl)cc2)no1)Nc1ccc(Br)cc1F. The minimum Gasteiger partial charge on any atom is -0.339 e. The van der Waals surface area contributed by atoms with Gasteiger partial charge in [-0.15, -0.1) is 0 Å². The van der Waals surface area contributed by atoms with E-state index < -0.39 is 5.82 Å². The lowest BCUT2D eigenvalue weighted by Crippen LogP contribution is -2.13. The van der Waals surface area contributed by atoms with Crippen molar-refractivity contribution in [2.24, 2.45) is 0 Å². The van der Waals surface area contributed by atoms with Crippen LogP contribution in [0, 0.1) is 5.82 Å². The molecule has 0 unspecified atom stereocenters. The number of hydrogen-bond donors (Lipinski definition) is 1. The summed E-state index contributed by atoms with van der Waals surface area (Å²) in [6, 6.07) is 11.4. The van der Waals surface area contributed by atoms with Crippen LogP contribution in [0.5, 0.6) is 0 Å². The first-order valence-corrected chi connectivity index (χ1v) is 8.52. The summed E-state index contributed by atoms with van der Waals surface area (Å²) in [5.41, 5.74) is 0.890. The van der Waals surface area contributed by atoms with Crippen molar-refractivity contribution in [3.8, 4) is 11.4 Å². The third kappa shape index (κ3) is 4.64. The number of halogens is 3. The van der Waals surface area contributed by atoms with E-state index in [1.54, 1.807) is 30.3 Å². The van der Waals surface area contributed by atoms with Gasteiger partial charge in [-0.3, -0.25) is 4.79 Å². The van der Waals surface area contributed by atoms with Crippen LogP contribution in [0.1, 0.15) is 12.3 Å². The summed E-state index contributed by atoms with van der Waals surface area (Å²) >= 11 is 9.00. The minimum atomic E-state index is -0.509. The highest BCUT2D eigenvalue weighted by Crippen LogP contribution is 2.21. The van der Waals surface area contributed by atoms with Gasteiger partial charge in [-0.1, -0.05) is 32.7 Å². The Morgan fingerprint density at radius 2 is 2.00 bits per heavy atom. The Morgan fingerprint density at radius 1 is 1.24 bits per heavy atom. The van der Waals surface area contributed by atoms with Gasteiger partial charge in [0.25, 0.3) is 0 Å². The summed E-state index contributed by atoms with van der Waals surface area (Å²) < 4.78 is 19.4. The zero-order valence-electron chi connectivity index (χ0n) is 12.8. The third-order valence-corrected chi connectivity index (χ3v) is 4.09. The van der Waals surface area contributed by atoms with Gasteiger partial charge >= 0.3 is 0 Å². The van der Waals surface area contributed by atoms with E-state index in [1.165, 1.54) is 12.1 Å². The van der Waals surface area contributed by atoms with Crippen LogP contribution in [0.25, 0.3) is 11.4 Å². The van der Waals surface area contributed by atoms with Crippen LogP contribution in [0.15, 0.2) is 51.5 Å². The summed E-state index contributed by atoms with van der Waals surface area (Å²) in [5.74, 6) is -0.0968. The lowest BCUT2D eigenvalue weighted by molar-refractivity contribution is -0.116. The number of aromatic nitrogens is 2. The third-order valence-electron chi connectivity index (χ3n) is 3.34. The quantitative estimate of drug-likeness (QED) is 0.635. The summed E-state index contributed by atoms with van der Waals surface area (Å²) in [6.07, 6.45) is 0.350. The van der Waals surface area contributed by atoms with Gasteiger partial charge in [-0.05, 0) is 42.5 Å². The highest BCUT2D eigenvalue weighted by molar-refractivity contribution is 9.10. The highest BCUT2D eigenvalue weighted by atomic mass is 79.9. The average Bonchev–Trinajstić information content (AvgIpc) is 3.05. The maximum Gasteiger partial charge on any atom is 0.227 e. The van der Waals surface area contributed by atoms with E-state index in [4.69, 9.17) is 16.1 Å². The van der Waals surface area contributed by atoms with Gasteiger partial charge in [0, 0.05) is 27.9 Å². The van der Waals surface area contributed by atoms with E-state index in [9.17, 15) is 9.18 Å². The number of benzene rings is 2. The second kappa shape index (κ2) is 7.76. The molecule has 3 rings (SSSR count). The molecule has 0 fully saturated rings. The fourth-order valence-electron chi connectivity index (χ4n) is 2.10. The molecule has 0 saturated carbocycles. The molecule has 1 heterocycles. The molecule has 0 aliphatic carbocycles. The number of anilines is 1. The number of hydrogen-bond acceptors (Lipinski definition) is 4. The van der Waals surface area contributed by atoms with E-state index in [-0.39, 0.29) is 24.4 Å². The smallest absolute Gasteiger partial charge is 0.227 e. The number of amides is 1. The van der Waals surface area contributed by atoms with Crippen LogP contribution < -0.4 is 5.32 Å². The lowest BCUT2D eigenvalue weighted by Gasteiger charge is -2.05. The van der Waals surface area contributed by atoms with Gasteiger partial charge < -0.3 is 9.84 Å². The monoisotopic (exact) mass is 423 g/mol. The molecule has 0 radical (unpaired) electrons. The maximum absolute atomic E-state index is 13.7. The van der Waals surface area contributed by atoms with E-state index in [1.807, 2.05) is 0 Å². The molecule has 25 heavy (non-hydrogen) atoms. The Kier molecular flexibility index (Phi) is 5.45. The summed E-state index contributed by atoms with van der Waals surface area (Å²) in [5, 5.41) is 7.00. The molecule has 3 aromatic rings. The molecule has 1 aromatic heterocycles. The number of carbonyl (C=O) groups is 1. The second-order valence-corrected chi connectivity index (χ2v) is 6.54. The van der Waals surface area contributed by atoms with E-state index in [0.717, 1.165) is 5.56 Å². The molecule has 2 aromatic carbocycles. The molecule has 0 saturated heterocycles. The summed E-state index contributed by atoms with van der Waals surface area (Å²) in [7, 11) is 0. The van der Waals surface area contributed by atoms with Gasteiger partial charge in [0.05, 0.1) is 5.69 Å². The predicted molar refractivity (Wildman–Crippen MR) is 95.8 cm³/mol. The number of rotatable bonds is 5. The second-order valence-electron chi connectivity index (χ2n) is 5.19. The van der Waals surface area contributed by atoms with Crippen LogP contribution in [-0.2, 0) is 11.2 Å². The van der Waals surface area contributed by atoms with Crippen molar-refractivity contribution in [3.05, 3.63) is 63.7 Å². The molecule has 0 spiro atoms. The topological polar surface area (TPSA) is 68.0 Å². The van der Waals surface area contributed by atoms with E-state index in [0.29, 0.717) is 21.2 Å². The van der Waals surface area contributed by atoms with Crippen molar-refractivity contribution >= 4 is 39.1 Å². The van der Waals surface area contributed by atoms with Crippen LogP contribution in [0.4, 0.5) is 10.1 Å². The first kappa shape index (κ1) is 17.6. The molecule has 0 bridgehead atoms. The van der Waals surface area contributed by atoms with Crippen LogP contribution >= 0.6 is 27.5 Å². The molecule has 1 amide bonds. The van der Waals surface area contributed by atoms with Gasteiger partial charge in [0.15, 0.2) is 0 Å².